The lowest BCUT2D eigenvalue weighted by molar-refractivity contribution is -0.159. The predicted molar refractivity (Wildman–Crippen MR) is 96.1 cm³/mol. The first-order valence-electron chi connectivity index (χ1n) is 8.31. The fourth-order valence-electron chi connectivity index (χ4n) is 2.28. The van der Waals surface area contributed by atoms with Crippen LogP contribution in [0, 0.1) is 0 Å². The van der Waals surface area contributed by atoms with Gasteiger partial charge >= 0.3 is 11.9 Å². The predicted octanol–water partition coefficient (Wildman–Crippen LogP) is 2.34. The SMILES string of the molecule is O=C(O)C(=O)O.c1ccc(COCc2coc(-c3ccc4c(c3)OCO4)n2)nc1. The molecule has 150 valence electrons. The Morgan fingerprint density at radius 3 is 2.48 bits per heavy atom. The van der Waals surface area contributed by atoms with Crippen LogP contribution in [0.15, 0.2) is 53.3 Å². The average molecular weight is 400 g/mol. The van der Waals surface area contributed by atoms with Crippen LogP contribution < -0.4 is 9.47 Å². The maximum Gasteiger partial charge on any atom is 0.414 e. The Morgan fingerprint density at radius 1 is 1.00 bits per heavy atom. The van der Waals surface area contributed by atoms with Crippen LogP contribution in [0.4, 0.5) is 0 Å². The highest BCUT2D eigenvalue weighted by Gasteiger charge is 2.16. The fourth-order valence-corrected chi connectivity index (χ4v) is 2.28. The van der Waals surface area contributed by atoms with Gasteiger partial charge in [0.05, 0.1) is 18.9 Å². The van der Waals surface area contributed by atoms with Crippen LogP contribution >= 0.6 is 0 Å². The third-order valence-electron chi connectivity index (χ3n) is 3.58. The maximum absolute atomic E-state index is 9.10. The number of carboxylic acid groups (broad SMARTS) is 2. The Balaban J connectivity index is 0.000000353. The first kappa shape index (κ1) is 19.8. The third kappa shape index (κ3) is 5.53. The van der Waals surface area contributed by atoms with Crippen LogP contribution in [0.1, 0.15) is 11.4 Å². The van der Waals surface area contributed by atoms with E-state index in [0.29, 0.717) is 24.9 Å². The van der Waals surface area contributed by atoms with Crippen LogP contribution in [0.3, 0.4) is 0 Å². The average Bonchev–Trinajstić information content (AvgIpc) is 3.38. The molecule has 3 heterocycles. The number of aromatic nitrogens is 2. The van der Waals surface area contributed by atoms with Gasteiger partial charge in [-0.05, 0) is 30.3 Å². The smallest absolute Gasteiger partial charge is 0.414 e. The van der Waals surface area contributed by atoms with E-state index in [1.54, 1.807) is 12.5 Å². The summed E-state index contributed by atoms with van der Waals surface area (Å²) in [5.74, 6) is -1.68. The molecule has 4 rings (SSSR count). The van der Waals surface area contributed by atoms with E-state index in [1.807, 2.05) is 36.4 Å². The summed E-state index contributed by atoms with van der Waals surface area (Å²) in [6, 6.07) is 11.3. The molecule has 10 nitrogen and oxygen atoms in total. The molecule has 0 aliphatic carbocycles. The summed E-state index contributed by atoms with van der Waals surface area (Å²) in [5, 5.41) is 14.8. The first-order chi connectivity index (χ1) is 14.0. The van der Waals surface area contributed by atoms with Crippen molar-refractivity contribution in [3.05, 3.63) is 60.2 Å². The molecule has 0 saturated heterocycles. The van der Waals surface area contributed by atoms with Gasteiger partial charge in [-0.2, -0.15) is 0 Å². The van der Waals surface area contributed by atoms with Crippen molar-refractivity contribution in [2.24, 2.45) is 0 Å². The fraction of sp³-hybridized carbons (Fsp3) is 0.158. The number of carbonyl (C=O) groups is 2. The van der Waals surface area contributed by atoms with Crippen LogP contribution in [-0.4, -0.2) is 38.9 Å². The molecule has 0 spiro atoms. The molecule has 0 amide bonds. The maximum atomic E-state index is 9.10. The second-order valence-corrected chi connectivity index (χ2v) is 5.64. The van der Waals surface area contributed by atoms with Crippen LogP contribution in [0.2, 0.25) is 0 Å². The number of benzene rings is 1. The summed E-state index contributed by atoms with van der Waals surface area (Å²) in [4.78, 5) is 26.8. The quantitative estimate of drug-likeness (QED) is 0.613. The van der Waals surface area contributed by atoms with Crippen molar-refractivity contribution >= 4 is 11.9 Å². The molecule has 1 aliphatic rings. The largest absolute Gasteiger partial charge is 0.473 e. The monoisotopic (exact) mass is 400 g/mol. The van der Waals surface area contributed by atoms with Gasteiger partial charge in [-0.1, -0.05) is 6.07 Å². The van der Waals surface area contributed by atoms with Gasteiger partial charge in [0.25, 0.3) is 0 Å². The van der Waals surface area contributed by atoms with Gasteiger partial charge in [-0.25, -0.2) is 14.6 Å². The minimum absolute atomic E-state index is 0.247. The van der Waals surface area contributed by atoms with Crippen LogP contribution in [0.25, 0.3) is 11.5 Å². The lowest BCUT2D eigenvalue weighted by Gasteiger charge is -2.00. The molecule has 0 unspecified atom stereocenters. The van der Waals surface area contributed by atoms with E-state index in [-0.39, 0.29) is 6.79 Å². The normalized spacial score (nSPS) is 11.4. The van der Waals surface area contributed by atoms with Gasteiger partial charge in [-0.15, -0.1) is 0 Å². The molecule has 10 heteroatoms. The number of carboxylic acids is 2. The van der Waals surface area contributed by atoms with E-state index < -0.39 is 11.9 Å². The number of hydrogen-bond acceptors (Lipinski definition) is 8. The summed E-state index contributed by atoms with van der Waals surface area (Å²) < 4.78 is 21.8. The minimum atomic E-state index is -1.82. The van der Waals surface area contributed by atoms with Crippen LogP contribution in [0.5, 0.6) is 11.5 Å². The molecule has 0 fully saturated rings. The Hall–Kier alpha value is -3.92. The van der Waals surface area contributed by atoms with Crippen molar-refractivity contribution in [3.8, 4) is 23.0 Å². The van der Waals surface area contributed by atoms with Crippen molar-refractivity contribution < 1.29 is 38.4 Å². The molecular weight excluding hydrogens is 384 g/mol. The number of hydrogen-bond donors (Lipinski definition) is 2. The molecule has 1 aromatic carbocycles. The van der Waals surface area contributed by atoms with E-state index in [2.05, 4.69) is 9.97 Å². The van der Waals surface area contributed by atoms with Gasteiger partial charge in [-0.3, -0.25) is 4.98 Å². The summed E-state index contributed by atoms with van der Waals surface area (Å²) in [5.41, 5.74) is 2.45. The number of aliphatic carboxylic acids is 2. The molecule has 1 aliphatic heterocycles. The molecule has 0 radical (unpaired) electrons. The summed E-state index contributed by atoms with van der Waals surface area (Å²) in [6.07, 6.45) is 3.34. The van der Waals surface area contributed by atoms with E-state index in [4.69, 9.17) is 38.4 Å². The molecule has 0 bridgehead atoms. The molecule has 0 saturated carbocycles. The third-order valence-corrected chi connectivity index (χ3v) is 3.58. The Labute approximate surface area is 164 Å². The van der Waals surface area contributed by atoms with Gasteiger partial charge < -0.3 is 28.8 Å². The number of rotatable bonds is 5. The first-order valence-corrected chi connectivity index (χ1v) is 8.31. The highest BCUT2D eigenvalue weighted by Crippen LogP contribution is 2.35. The highest BCUT2D eigenvalue weighted by atomic mass is 16.7. The zero-order chi connectivity index (χ0) is 20.6. The standard InChI is InChI=1S/C17H14N2O4.C2H2O4/c1-2-6-18-13(3-1)8-20-9-14-10-21-17(19-14)12-4-5-15-16(7-12)23-11-22-15;3-1(4)2(5)6/h1-7,10H,8-9,11H2;(H,3,4)(H,5,6). The van der Waals surface area contributed by atoms with Crippen LogP contribution in [-0.2, 0) is 27.5 Å². The van der Waals surface area contributed by atoms with E-state index in [9.17, 15) is 0 Å². The van der Waals surface area contributed by atoms with Crippen molar-refractivity contribution in [2.75, 3.05) is 6.79 Å². The van der Waals surface area contributed by atoms with Crippen molar-refractivity contribution in [1.82, 2.24) is 9.97 Å². The molecular formula is C19H16N2O8. The Kier molecular flexibility index (Phi) is 6.38. The number of ether oxygens (including phenoxy) is 3. The highest BCUT2D eigenvalue weighted by molar-refractivity contribution is 6.27. The summed E-state index contributed by atoms with van der Waals surface area (Å²) >= 11 is 0. The molecule has 29 heavy (non-hydrogen) atoms. The van der Waals surface area contributed by atoms with Gasteiger partial charge in [0.15, 0.2) is 11.5 Å². The summed E-state index contributed by atoms with van der Waals surface area (Å²) in [7, 11) is 0. The number of nitrogens with zero attached hydrogens (tertiary/aromatic N) is 2. The Morgan fingerprint density at radius 2 is 1.76 bits per heavy atom. The second-order valence-electron chi connectivity index (χ2n) is 5.64. The molecule has 2 aromatic heterocycles. The summed E-state index contributed by atoms with van der Waals surface area (Å²) in [6.45, 7) is 1.05. The number of fused-ring (bicyclic) bond motifs is 1. The van der Waals surface area contributed by atoms with E-state index >= 15 is 0 Å². The minimum Gasteiger partial charge on any atom is -0.473 e. The Bertz CT molecular complexity index is 975. The van der Waals surface area contributed by atoms with Gasteiger partial charge in [0.1, 0.15) is 12.0 Å². The van der Waals surface area contributed by atoms with E-state index in [0.717, 1.165) is 22.7 Å². The molecule has 0 atom stereocenters. The number of oxazole rings is 1. The number of pyridine rings is 1. The lowest BCUT2D eigenvalue weighted by atomic mass is 10.2. The second kappa shape index (κ2) is 9.33. The van der Waals surface area contributed by atoms with Crippen molar-refractivity contribution in [2.45, 2.75) is 13.2 Å². The molecule has 2 N–H and O–H groups in total. The topological polar surface area (TPSA) is 141 Å². The van der Waals surface area contributed by atoms with Gasteiger partial charge in [0.2, 0.25) is 12.7 Å². The zero-order valence-electron chi connectivity index (χ0n) is 15.0. The van der Waals surface area contributed by atoms with E-state index in [1.165, 1.54) is 0 Å². The van der Waals surface area contributed by atoms with Gasteiger partial charge in [0, 0.05) is 11.8 Å². The lowest BCUT2D eigenvalue weighted by Crippen LogP contribution is -2.09. The zero-order valence-corrected chi connectivity index (χ0v) is 15.0. The molecule has 3 aromatic rings. The van der Waals surface area contributed by atoms with Crippen molar-refractivity contribution in [1.29, 1.82) is 0 Å². The van der Waals surface area contributed by atoms with Crippen molar-refractivity contribution in [3.63, 3.8) is 0 Å².